The van der Waals surface area contributed by atoms with Gasteiger partial charge in [0.15, 0.2) is 0 Å². The number of carbonyl (C=O) groups is 1. The van der Waals surface area contributed by atoms with Gasteiger partial charge in [-0.15, -0.1) is 11.3 Å². The van der Waals surface area contributed by atoms with Gasteiger partial charge in [-0.3, -0.25) is 4.79 Å². The number of methoxy groups -OCH3 is 1. The zero-order valence-corrected chi connectivity index (χ0v) is 11.4. The van der Waals surface area contributed by atoms with Gasteiger partial charge in [0.25, 0.3) is 0 Å². The van der Waals surface area contributed by atoms with Gasteiger partial charge in [-0.1, -0.05) is 0 Å². The molecule has 0 radical (unpaired) electrons. The molecule has 1 aliphatic rings. The van der Waals surface area contributed by atoms with Gasteiger partial charge in [-0.2, -0.15) is 0 Å². The van der Waals surface area contributed by atoms with Gasteiger partial charge in [0.2, 0.25) is 0 Å². The number of hydrogen-bond acceptors (Lipinski definition) is 4. The Morgan fingerprint density at radius 3 is 3.06 bits per heavy atom. The van der Waals surface area contributed by atoms with Crippen molar-refractivity contribution in [2.75, 3.05) is 13.7 Å². The highest BCUT2D eigenvalue weighted by molar-refractivity contribution is 9.11. The smallest absolute Gasteiger partial charge is 0.322 e. The highest BCUT2D eigenvalue weighted by Gasteiger charge is 2.28. The first kappa shape index (κ1) is 12.1. The van der Waals surface area contributed by atoms with Crippen molar-refractivity contribution in [2.24, 2.45) is 0 Å². The molecule has 1 aliphatic heterocycles. The molecule has 1 aromatic rings. The fraction of sp³-hybridized carbons (Fsp3) is 0.545. The van der Waals surface area contributed by atoms with Gasteiger partial charge in [0, 0.05) is 4.88 Å². The van der Waals surface area contributed by atoms with Crippen LogP contribution in [-0.4, -0.2) is 25.7 Å². The summed E-state index contributed by atoms with van der Waals surface area (Å²) in [5, 5.41) is 3.19. The minimum Gasteiger partial charge on any atom is -0.468 e. The van der Waals surface area contributed by atoms with E-state index in [2.05, 4.69) is 33.4 Å². The summed E-state index contributed by atoms with van der Waals surface area (Å²) in [6.07, 6.45) is 1.92. The van der Waals surface area contributed by atoms with E-state index in [9.17, 15) is 4.79 Å². The number of esters is 1. The van der Waals surface area contributed by atoms with Crippen LogP contribution in [-0.2, 0) is 9.53 Å². The van der Waals surface area contributed by atoms with E-state index in [4.69, 9.17) is 4.74 Å². The maximum Gasteiger partial charge on any atom is 0.322 e. The predicted molar refractivity (Wildman–Crippen MR) is 67.8 cm³/mol. The highest BCUT2D eigenvalue weighted by atomic mass is 79.9. The average Bonchev–Trinajstić information content (AvgIpc) is 2.75. The minimum absolute atomic E-state index is 0.148. The lowest BCUT2D eigenvalue weighted by Crippen LogP contribution is -2.43. The lowest BCUT2D eigenvalue weighted by Gasteiger charge is -2.27. The van der Waals surface area contributed by atoms with Crippen LogP contribution in [0.4, 0.5) is 0 Å². The van der Waals surface area contributed by atoms with E-state index in [1.165, 1.54) is 12.0 Å². The Balaban J connectivity index is 2.04. The average molecular weight is 304 g/mol. The quantitative estimate of drug-likeness (QED) is 0.853. The molecule has 5 heteroatoms. The first-order valence-corrected chi connectivity index (χ1v) is 6.88. The Labute approximate surface area is 107 Å². The Bertz CT molecular complexity index is 380. The van der Waals surface area contributed by atoms with Crippen molar-refractivity contribution in [2.45, 2.75) is 24.8 Å². The third-order valence-electron chi connectivity index (χ3n) is 2.89. The summed E-state index contributed by atoms with van der Waals surface area (Å²) in [4.78, 5) is 12.8. The van der Waals surface area contributed by atoms with Gasteiger partial charge in [-0.05, 0) is 53.4 Å². The molecular formula is C11H14BrNO2S. The van der Waals surface area contributed by atoms with Crippen LogP contribution in [0, 0.1) is 0 Å². The van der Waals surface area contributed by atoms with Crippen LogP contribution in [0.25, 0.3) is 0 Å². The van der Waals surface area contributed by atoms with Crippen LogP contribution in [0.5, 0.6) is 0 Å². The van der Waals surface area contributed by atoms with E-state index >= 15 is 0 Å². The molecule has 2 heterocycles. The van der Waals surface area contributed by atoms with Crippen molar-refractivity contribution in [3.8, 4) is 0 Å². The van der Waals surface area contributed by atoms with E-state index < -0.39 is 0 Å². The van der Waals surface area contributed by atoms with Crippen LogP contribution in [0.2, 0.25) is 0 Å². The monoisotopic (exact) mass is 303 g/mol. The topological polar surface area (TPSA) is 38.3 Å². The first-order valence-electron chi connectivity index (χ1n) is 5.27. The molecule has 0 saturated carbocycles. The second-order valence-corrected chi connectivity index (χ2v) is 6.39. The van der Waals surface area contributed by atoms with Crippen molar-refractivity contribution in [3.63, 3.8) is 0 Å². The molecular weight excluding hydrogens is 290 g/mol. The van der Waals surface area contributed by atoms with Crippen LogP contribution in [0.1, 0.15) is 23.6 Å². The van der Waals surface area contributed by atoms with Gasteiger partial charge in [0.1, 0.15) is 6.04 Å². The minimum atomic E-state index is -0.152. The lowest BCUT2D eigenvalue weighted by molar-refractivity contribution is -0.143. The molecule has 1 aromatic heterocycles. The standard InChI is InChI=1S/C11H14BrNO2S/c1-15-11(14)8-6-7(4-5-13-8)9-2-3-10(12)16-9/h2-3,7-8,13H,4-6H2,1H3. The van der Waals surface area contributed by atoms with Gasteiger partial charge >= 0.3 is 5.97 Å². The van der Waals surface area contributed by atoms with Crippen molar-refractivity contribution >= 4 is 33.2 Å². The molecule has 16 heavy (non-hydrogen) atoms. The summed E-state index contributed by atoms with van der Waals surface area (Å²) in [7, 11) is 1.44. The fourth-order valence-electron chi connectivity index (χ4n) is 2.05. The second-order valence-electron chi connectivity index (χ2n) is 3.89. The number of thiophene rings is 1. The maximum atomic E-state index is 11.5. The second kappa shape index (κ2) is 5.29. The number of rotatable bonds is 2. The molecule has 3 nitrogen and oxygen atoms in total. The number of nitrogens with one attached hydrogen (secondary N) is 1. The zero-order chi connectivity index (χ0) is 11.5. The maximum absolute atomic E-state index is 11.5. The third kappa shape index (κ3) is 2.64. The molecule has 0 aliphatic carbocycles. The van der Waals surface area contributed by atoms with Crippen LogP contribution in [0.15, 0.2) is 15.9 Å². The summed E-state index contributed by atoms with van der Waals surface area (Å²) < 4.78 is 5.92. The summed E-state index contributed by atoms with van der Waals surface area (Å²) in [6.45, 7) is 0.875. The number of piperidine rings is 1. The molecule has 88 valence electrons. The molecule has 2 unspecified atom stereocenters. The van der Waals surface area contributed by atoms with Gasteiger partial charge < -0.3 is 10.1 Å². The largest absolute Gasteiger partial charge is 0.468 e. The Hall–Kier alpha value is -0.390. The van der Waals surface area contributed by atoms with E-state index in [-0.39, 0.29) is 12.0 Å². The molecule has 1 fully saturated rings. The molecule has 0 aromatic carbocycles. The van der Waals surface area contributed by atoms with E-state index in [0.717, 1.165) is 23.2 Å². The Morgan fingerprint density at radius 1 is 1.62 bits per heavy atom. The molecule has 0 spiro atoms. The molecule has 1 saturated heterocycles. The van der Waals surface area contributed by atoms with E-state index in [0.29, 0.717) is 5.92 Å². The van der Waals surface area contributed by atoms with Crippen LogP contribution >= 0.6 is 27.3 Å². The summed E-state index contributed by atoms with van der Waals surface area (Å²) >= 11 is 5.22. The molecule has 2 rings (SSSR count). The summed E-state index contributed by atoms with van der Waals surface area (Å²) in [5.74, 6) is 0.321. The summed E-state index contributed by atoms with van der Waals surface area (Å²) in [6, 6.07) is 4.05. The SMILES string of the molecule is COC(=O)C1CC(c2ccc(Br)s2)CCN1. The van der Waals surface area contributed by atoms with E-state index in [1.54, 1.807) is 11.3 Å². The predicted octanol–water partition coefficient (Wildman–Crippen LogP) is 2.52. The first-order chi connectivity index (χ1) is 7.70. The number of hydrogen-bond donors (Lipinski definition) is 1. The fourth-order valence-corrected chi connectivity index (χ4v) is 3.62. The molecule has 2 atom stereocenters. The number of halogens is 1. The number of carbonyl (C=O) groups excluding carboxylic acids is 1. The zero-order valence-electron chi connectivity index (χ0n) is 9.03. The lowest BCUT2D eigenvalue weighted by atomic mass is 9.91. The van der Waals surface area contributed by atoms with Gasteiger partial charge in [-0.25, -0.2) is 0 Å². The molecule has 1 N–H and O–H groups in total. The summed E-state index contributed by atoms with van der Waals surface area (Å²) in [5.41, 5.74) is 0. The Morgan fingerprint density at radius 2 is 2.44 bits per heavy atom. The van der Waals surface area contributed by atoms with Crippen molar-refractivity contribution in [1.29, 1.82) is 0 Å². The number of ether oxygens (including phenoxy) is 1. The van der Waals surface area contributed by atoms with Gasteiger partial charge in [0.05, 0.1) is 10.9 Å². The van der Waals surface area contributed by atoms with E-state index in [1.807, 2.05) is 0 Å². The third-order valence-corrected chi connectivity index (χ3v) is 4.67. The molecule has 0 amide bonds. The molecule has 0 bridgehead atoms. The van der Waals surface area contributed by atoms with Crippen molar-refractivity contribution < 1.29 is 9.53 Å². The van der Waals surface area contributed by atoms with Crippen molar-refractivity contribution in [1.82, 2.24) is 5.32 Å². The Kier molecular flexibility index (Phi) is 4.00. The van der Waals surface area contributed by atoms with Crippen LogP contribution in [0.3, 0.4) is 0 Å². The van der Waals surface area contributed by atoms with Crippen LogP contribution < -0.4 is 5.32 Å². The highest BCUT2D eigenvalue weighted by Crippen LogP contribution is 2.34. The van der Waals surface area contributed by atoms with Crippen molar-refractivity contribution in [3.05, 3.63) is 20.8 Å². The normalized spacial score (nSPS) is 25.4.